The normalized spacial score (nSPS) is 19.6. The van der Waals surface area contributed by atoms with E-state index in [1.165, 1.54) is 0 Å². The standard InChI is InChI=1S/C20H29F3N4O3/c1-2-24-18(27-13-19(7-11-28)8-12-30-14-19)26-10-9-25-17(29)15-3-5-16(6-4-15)20(21,22)23/h3-6,28H,2,7-14H2,1H3,(H,25,29)(H2,24,26,27). The van der Waals surface area contributed by atoms with E-state index in [1.54, 1.807) is 0 Å². The van der Waals surface area contributed by atoms with Crippen LogP contribution in [0.5, 0.6) is 0 Å². The van der Waals surface area contributed by atoms with Crippen LogP contribution in [0.25, 0.3) is 0 Å². The third-order valence-corrected chi connectivity index (χ3v) is 4.92. The van der Waals surface area contributed by atoms with Crippen molar-refractivity contribution in [3.8, 4) is 0 Å². The molecular weight excluding hydrogens is 401 g/mol. The minimum atomic E-state index is -4.43. The van der Waals surface area contributed by atoms with Crippen molar-refractivity contribution in [3.05, 3.63) is 35.4 Å². The van der Waals surface area contributed by atoms with Crippen LogP contribution in [0.15, 0.2) is 29.3 Å². The molecule has 1 unspecified atom stereocenters. The highest BCUT2D eigenvalue weighted by atomic mass is 19.4. The maximum Gasteiger partial charge on any atom is 0.416 e. The summed E-state index contributed by atoms with van der Waals surface area (Å²) >= 11 is 0. The SMILES string of the molecule is CCNC(=NCC1(CCO)CCOC1)NCCNC(=O)c1ccc(C(F)(F)F)cc1. The van der Waals surface area contributed by atoms with Crippen LogP contribution >= 0.6 is 0 Å². The van der Waals surface area contributed by atoms with E-state index in [0.717, 1.165) is 30.7 Å². The van der Waals surface area contributed by atoms with Crippen LogP contribution in [-0.2, 0) is 10.9 Å². The number of rotatable bonds is 9. The van der Waals surface area contributed by atoms with Crippen LogP contribution in [0, 0.1) is 5.41 Å². The summed E-state index contributed by atoms with van der Waals surface area (Å²) in [5.41, 5.74) is -0.789. The van der Waals surface area contributed by atoms with Crippen LogP contribution in [-0.4, -0.2) is 63.0 Å². The van der Waals surface area contributed by atoms with Crippen molar-refractivity contribution >= 4 is 11.9 Å². The van der Waals surface area contributed by atoms with Gasteiger partial charge < -0.3 is 25.8 Å². The Bertz CT molecular complexity index is 702. The fourth-order valence-corrected chi connectivity index (χ4v) is 3.15. The minimum absolute atomic E-state index is 0.0822. The molecule has 7 nitrogen and oxygen atoms in total. The van der Waals surface area contributed by atoms with E-state index in [0.29, 0.717) is 45.2 Å². The second-order valence-corrected chi connectivity index (χ2v) is 7.23. The van der Waals surface area contributed by atoms with Crippen molar-refractivity contribution in [2.75, 3.05) is 46.0 Å². The summed E-state index contributed by atoms with van der Waals surface area (Å²) in [6.07, 6.45) is -2.96. The smallest absolute Gasteiger partial charge is 0.396 e. The van der Waals surface area contributed by atoms with Crippen molar-refractivity contribution in [1.82, 2.24) is 16.0 Å². The number of amides is 1. The van der Waals surface area contributed by atoms with Gasteiger partial charge in [-0.3, -0.25) is 9.79 Å². The molecule has 1 saturated heterocycles. The lowest BCUT2D eigenvalue weighted by Gasteiger charge is -2.24. The Balaban J connectivity index is 1.81. The maximum absolute atomic E-state index is 12.6. The molecule has 4 N–H and O–H groups in total. The molecule has 0 bridgehead atoms. The highest BCUT2D eigenvalue weighted by Gasteiger charge is 2.34. The van der Waals surface area contributed by atoms with Gasteiger partial charge in [-0.05, 0) is 44.0 Å². The first-order chi connectivity index (χ1) is 14.3. The van der Waals surface area contributed by atoms with E-state index in [1.807, 2.05) is 6.92 Å². The average Bonchev–Trinajstić information content (AvgIpc) is 3.17. The Morgan fingerprint density at radius 1 is 1.20 bits per heavy atom. The molecule has 1 fully saturated rings. The lowest BCUT2D eigenvalue weighted by molar-refractivity contribution is -0.137. The number of benzene rings is 1. The molecule has 0 radical (unpaired) electrons. The molecule has 1 aromatic rings. The van der Waals surface area contributed by atoms with E-state index in [9.17, 15) is 23.1 Å². The van der Waals surface area contributed by atoms with Gasteiger partial charge in [-0.15, -0.1) is 0 Å². The second-order valence-electron chi connectivity index (χ2n) is 7.23. The van der Waals surface area contributed by atoms with Gasteiger partial charge >= 0.3 is 6.18 Å². The van der Waals surface area contributed by atoms with Crippen molar-refractivity contribution in [2.24, 2.45) is 10.4 Å². The number of nitrogens with one attached hydrogen (secondary N) is 3. The molecule has 1 atom stereocenters. The number of aliphatic imine (C=N–C) groups is 1. The van der Waals surface area contributed by atoms with Crippen molar-refractivity contribution in [2.45, 2.75) is 25.9 Å². The number of ether oxygens (including phenoxy) is 1. The summed E-state index contributed by atoms with van der Waals surface area (Å²) in [6.45, 7) is 5.09. The van der Waals surface area contributed by atoms with Crippen molar-refractivity contribution in [1.29, 1.82) is 0 Å². The zero-order chi connectivity index (χ0) is 22.0. The fourth-order valence-electron chi connectivity index (χ4n) is 3.15. The molecule has 10 heteroatoms. The van der Waals surface area contributed by atoms with Crippen molar-refractivity contribution in [3.63, 3.8) is 0 Å². The predicted molar refractivity (Wildman–Crippen MR) is 107 cm³/mol. The molecule has 0 aromatic heterocycles. The molecule has 1 aliphatic heterocycles. The molecule has 0 spiro atoms. The highest BCUT2D eigenvalue weighted by Crippen LogP contribution is 2.32. The van der Waals surface area contributed by atoms with Gasteiger partial charge in [0.1, 0.15) is 0 Å². The Kier molecular flexibility index (Phi) is 8.91. The highest BCUT2D eigenvalue weighted by molar-refractivity contribution is 5.94. The van der Waals surface area contributed by atoms with Crippen LogP contribution in [0.2, 0.25) is 0 Å². The number of carbonyl (C=O) groups excluding carboxylic acids is 1. The molecule has 1 aromatic carbocycles. The van der Waals surface area contributed by atoms with Gasteiger partial charge in [-0.2, -0.15) is 13.2 Å². The molecule has 2 rings (SSSR count). The van der Waals surface area contributed by atoms with Crippen LogP contribution in [0.3, 0.4) is 0 Å². The van der Waals surface area contributed by atoms with Crippen molar-refractivity contribution < 1.29 is 27.8 Å². The number of alkyl halides is 3. The fraction of sp³-hybridized carbons (Fsp3) is 0.600. The van der Waals surface area contributed by atoms with Crippen LogP contribution in [0.4, 0.5) is 13.2 Å². The number of hydrogen-bond donors (Lipinski definition) is 4. The monoisotopic (exact) mass is 430 g/mol. The number of hydrogen-bond acceptors (Lipinski definition) is 4. The van der Waals surface area contributed by atoms with E-state index < -0.39 is 17.6 Å². The molecule has 1 aliphatic rings. The first-order valence-corrected chi connectivity index (χ1v) is 9.96. The predicted octanol–water partition coefficient (Wildman–Crippen LogP) is 1.78. The quantitative estimate of drug-likeness (QED) is 0.272. The Morgan fingerprint density at radius 3 is 2.47 bits per heavy atom. The number of aliphatic hydroxyl groups is 1. The topological polar surface area (TPSA) is 95.0 Å². The zero-order valence-electron chi connectivity index (χ0n) is 17.0. The third kappa shape index (κ3) is 7.17. The summed E-state index contributed by atoms with van der Waals surface area (Å²) < 4.78 is 43.2. The molecular formula is C20H29F3N4O3. The van der Waals surface area contributed by atoms with Gasteiger partial charge in [0.05, 0.1) is 18.7 Å². The Morgan fingerprint density at radius 2 is 1.90 bits per heavy atom. The minimum Gasteiger partial charge on any atom is -0.396 e. The molecule has 168 valence electrons. The first kappa shape index (κ1) is 23.9. The van der Waals surface area contributed by atoms with Crippen LogP contribution < -0.4 is 16.0 Å². The molecule has 0 saturated carbocycles. The van der Waals surface area contributed by atoms with E-state index in [4.69, 9.17) is 4.74 Å². The molecule has 1 heterocycles. The maximum atomic E-state index is 12.6. The Labute approximate surface area is 174 Å². The number of aliphatic hydroxyl groups excluding tert-OH is 1. The van der Waals surface area contributed by atoms with Gasteiger partial charge in [0.2, 0.25) is 0 Å². The van der Waals surface area contributed by atoms with Gasteiger partial charge in [-0.25, -0.2) is 0 Å². The summed E-state index contributed by atoms with van der Waals surface area (Å²) in [4.78, 5) is 16.7. The van der Waals surface area contributed by atoms with E-state index >= 15 is 0 Å². The molecule has 30 heavy (non-hydrogen) atoms. The first-order valence-electron chi connectivity index (χ1n) is 9.96. The number of halogens is 3. The number of carbonyl (C=O) groups is 1. The van der Waals surface area contributed by atoms with E-state index in [2.05, 4.69) is 20.9 Å². The van der Waals surface area contributed by atoms with Gasteiger partial charge in [0.25, 0.3) is 5.91 Å². The molecule has 0 aliphatic carbocycles. The van der Waals surface area contributed by atoms with Gasteiger partial charge in [-0.1, -0.05) is 0 Å². The van der Waals surface area contributed by atoms with Gasteiger partial charge in [0, 0.05) is 43.8 Å². The largest absolute Gasteiger partial charge is 0.416 e. The summed E-state index contributed by atoms with van der Waals surface area (Å²) in [7, 11) is 0. The van der Waals surface area contributed by atoms with Crippen LogP contribution in [0.1, 0.15) is 35.7 Å². The molecule has 1 amide bonds. The second kappa shape index (κ2) is 11.2. The zero-order valence-corrected chi connectivity index (χ0v) is 17.0. The van der Waals surface area contributed by atoms with E-state index in [-0.39, 0.29) is 24.1 Å². The summed E-state index contributed by atoms with van der Waals surface area (Å²) in [5, 5.41) is 18.2. The third-order valence-electron chi connectivity index (χ3n) is 4.92. The average molecular weight is 430 g/mol. The lowest BCUT2D eigenvalue weighted by Crippen LogP contribution is -2.42. The summed E-state index contributed by atoms with van der Waals surface area (Å²) in [5.74, 6) is 0.142. The Hall–Kier alpha value is -2.33. The lowest BCUT2D eigenvalue weighted by atomic mass is 9.84. The summed E-state index contributed by atoms with van der Waals surface area (Å²) in [6, 6.07) is 4.08. The number of guanidine groups is 1. The van der Waals surface area contributed by atoms with Gasteiger partial charge in [0.15, 0.2) is 5.96 Å². The number of nitrogens with zero attached hydrogens (tertiary/aromatic N) is 1.